The van der Waals surface area contributed by atoms with Crippen LogP contribution in [0.25, 0.3) is 11.3 Å². The Morgan fingerprint density at radius 2 is 1.71 bits per heavy atom. The summed E-state index contributed by atoms with van der Waals surface area (Å²) in [4.78, 5) is 18.9. The maximum absolute atomic E-state index is 12.8. The van der Waals surface area contributed by atoms with Crippen molar-refractivity contribution in [2.75, 3.05) is 13.6 Å². The Labute approximate surface area is 179 Å². The second-order valence-electron chi connectivity index (χ2n) is 7.50. The van der Waals surface area contributed by atoms with Gasteiger partial charge in [-0.05, 0) is 61.7 Å². The van der Waals surface area contributed by atoms with Gasteiger partial charge in [0, 0.05) is 19.2 Å². The molecule has 1 N–H and O–H groups in total. The number of aryl methyl sites for hydroxylation is 2. The second-order valence-corrected chi connectivity index (χ2v) is 7.50. The highest BCUT2D eigenvalue weighted by atomic mass is 19.4. The summed E-state index contributed by atoms with van der Waals surface area (Å²) in [5, 5.41) is 9.62. The average molecular weight is 428 g/mol. The van der Waals surface area contributed by atoms with E-state index in [-0.39, 0.29) is 11.7 Å². The van der Waals surface area contributed by atoms with Crippen LogP contribution in [0.2, 0.25) is 0 Å². The van der Waals surface area contributed by atoms with Gasteiger partial charge in [0.2, 0.25) is 0 Å². The topological polar surface area (TPSA) is 53.4 Å². The number of aromatic nitrogens is 1. The van der Waals surface area contributed by atoms with E-state index in [0.717, 1.165) is 23.3 Å². The first-order valence-corrected chi connectivity index (χ1v) is 9.75. The molecule has 0 bridgehead atoms. The maximum atomic E-state index is 12.8. The molecule has 2 aromatic carbocycles. The lowest BCUT2D eigenvalue weighted by molar-refractivity contribution is -0.137. The van der Waals surface area contributed by atoms with Gasteiger partial charge < -0.3 is 10.0 Å². The van der Waals surface area contributed by atoms with Crippen molar-refractivity contribution in [3.8, 4) is 17.0 Å². The van der Waals surface area contributed by atoms with Crippen molar-refractivity contribution in [3.05, 3.63) is 82.5 Å². The number of rotatable bonds is 5. The molecular formula is C24H23F3N2O2. The number of aromatic hydroxyl groups is 1. The summed E-state index contributed by atoms with van der Waals surface area (Å²) in [5.74, 6) is 0.0579. The molecule has 0 radical (unpaired) electrons. The molecule has 0 fully saturated rings. The maximum Gasteiger partial charge on any atom is 0.416 e. The van der Waals surface area contributed by atoms with Crippen LogP contribution in [0.1, 0.15) is 32.7 Å². The zero-order valence-corrected chi connectivity index (χ0v) is 17.5. The van der Waals surface area contributed by atoms with Gasteiger partial charge in [-0.1, -0.05) is 24.3 Å². The number of pyridine rings is 1. The molecular weight excluding hydrogens is 405 g/mol. The SMILES string of the molecule is Cc1cc(CCN(C)C(=O)c2ccc(-c3ccc(C(F)(F)F)cc3)nc2C)ccc1O. The minimum Gasteiger partial charge on any atom is -0.508 e. The van der Waals surface area contributed by atoms with E-state index in [2.05, 4.69) is 4.98 Å². The van der Waals surface area contributed by atoms with E-state index < -0.39 is 11.7 Å². The van der Waals surface area contributed by atoms with Gasteiger partial charge in [-0.25, -0.2) is 0 Å². The van der Waals surface area contributed by atoms with E-state index in [0.29, 0.717) is 35.5 Å². The molecule has 0 saturated heterocycles. The van der Waals surface area contributed by atoms with Crippen LogP contribution in [-0.4, -0.2) is 34.5 Å². The predicted molar refractivity (Wildman–Crippen MR) is 113 cm³/mol. The van der Waals surface area contributed by atoms with Crippen LogP contribution in [0.15, 0.2) is 54.6 Å². The molecule has 0 aliphatic rings. The number of nitrogens with zero attached hydrogens (tertiary/aromatic N) is 2. The minimum absolute atomic E-state index is 0.181. The second kappa shape index (κ2) is 8.79. The Kier molecular flexibility index (Phi) is 6.34. The third kappa shape index (κ3) is 5.23. The molecule has 3 aromatic rings. The minimum atomic E-state index is -4.39. The molecule has 1 aromatic heterocycles. The fraction of sp³-hybridized carbons (Fsp3) is 0.250. The largest absolute Gasteiger partial charge is 0.508 e. The van der Waals surface area contributed by atoms with Crippen LogP contribution in [-0.2, 0) is 12.6 Å². The molecule has 0 aliphatic heterocycles. The number of likely N-dealkylation sites (N-methyl/N-ethyl adjacent to an activating group) is 1. The highest BCUT2D eigenvalue weighted by Gasteiger charge is 2.30. The fourth-order valence-electron chi connectivity index (χ4n) is 3.25. The molecule has 0 saturated carbocycles. The van der Waals surface area contributed by atoms with E-state index in [4.69, 9.17) is 0 Å². The molecule has 3 rings (SSSR count). The third-order valence-corrected chi connectivity index (χ3v) is 5.17. The van der Waals surface area contributed by atoms with Gasteiger partial charge in [0.25, 0.3) is 5.91 Å². The number of phenolic OH excluding ortho intramolecular Hbond substituents is 1. The summed E-state index contributed by atoms with van der Waals surface area (Å²) in [6.45, 7) is 4.02. The normalized spacial score (nSPS) is 11.4. The zero-order valence-electron chi connectivity index (χ0n) is 17.5. The first kappa shape index (κ1) is 22.3. The van der Waals surface area contributed by atoms with Crippen LogP contribution in [0, 0.1) is 13.8 Å². The summed E-state index contributed by atoms with van der Waals surface area (Å²) < 4.78 is 38.2. The van der Waals surface area contributed by atoms with Crippen LogP contribution in [0.5, 0.6) is 5.75 Å². The monoisotopic (exact) mass is 428 g/mol. The number of halogens is 3. The smallest absolute Gasteiger partial charge is 0.416 e. The van der Waals surface area contributed by atoms with Gasteiger partial charge in [0.1, 0.15) is 5.75 Å². The number of benzene rings is 2. The van der Waals surface area contributed by atoms with E-state index in [1.165, 1.54) is 12.1 Å². The summed E-state index contributed by atoms with van der Waals surface area (Å²) in [7, 11) is 1.71. The average Bonchev–Trinajstić information content (AvgIpc) is 2.73. The number of carbonyl (C=O) groups excluding carboxylic acids is 1. The molecule has 0 spiro atoms. The first-order chi connectivity index (χ1) is 14.6. The van der Waals surface area contributed by atoms with Crippen LogP contribution in [0.3, 0.4) is 0 Å². The Morgan fingerprint density at radius 3 is 2.29 bits per heavy atom. The lowest BCUT2D eigenvalue weighted by Gasteiger charge is -2.19. The van der Waals surface area contributed by atoms with Gasteiger partial charge in [0.05, 0.1) is 22.5 Å². The summed E-state index contributed by atoms with van der Waals surface area (Å²) >= 11 is 0. The molecule has 1 heterocycles. The standard InChI is InChI=1S/C24H23F3N2O2/c1-15-14-17(4-11-22(15)30)12-13-29(3)23(31)20-9-10-21(28-16(20)2)18-5-7-19(8-6-18)24(25,26)27/h4-11,14,30H,12-13H2,1-3H3. The summed E-state index contributed by atoms with van der Waals surface area (Å²) in [6.07, 6.45) is -3.75. The Bertz CT molecular complexity index is 1090. The molecule has 162 valence electrons. The number of alkyl halides is 3. The number of phenols is 1. The lowest BCUT2D eigenvalue weighted by atomic mass is 10.1. The van der Waals surface area contributed by atoms with Crippen LogP contribution >= 0.6 is 0 Å². The molecule has 4 nitrogen and oxygen atoms in total. The van der Waals surface area contributed by atoms with Gasteiger partial charge >= 0.3 is 6.18 Å². The van der Waals surface area contributed by atoms with E-state index >= 15 is 0 Å². The van der Waals surface area contributed by atoms with Crippen LogP contribution in [0.4, 0.5) is 13.2 Å². The Hall–Kier alpha value is -3.35. The van der Waals surface area contributed by atoms with Crippen molar-refractivity contribution in [1.82, 2.24) is 9.88 Å². The van der Waals surface area contributed by atoms with Crippen molar-refractivity contribution in [3.63, 3.8) is 0 Å². The number of amides is 1. The van der Waals surface area contributed by atoms with Gasteiger partial charge in [-0.2, -0.15) is 13.2 Å². The molecule has 0 atom stereocenters. The van der Waals surface area contributed by atoms with Crippen molar-refractivity contribution in [2.24, 2.45) is 0 Å². The van der Waals surface area contributed by atoms with E-state index in [1.54, 1.807) is 37.1 Å². The summed E-state index contributed by atoms with van der Waals surface area (Å²) in [5.41, 5.74) is 3.09. The van der Waals surface area contributed by atoms with Crippen molar-refractivity contribution >= 4 is 5.91 Å². The molecule has 1 amide bonds. The predicted octanol–water partition coefficient (Wildman–Crippen LogP) is 5.40. The lowest BCUT2D eigenvalue weighted by Crippen LogP contribution is -2.29. The number of hydrogen-bond acceptors (Lipinski definition) is 3. The van der Waals surface area contributed by atoms with Crippen molar-refractivity contribution < 1.29 is 23.1 Å². The van der Waals surface area contributed by atoms with Gasteiger partial charge in [-0.15, -0.1) is 0 Å². The van der Waals surface area contributed by atoms with E-state index in [1.807, 2.05) is 19.1 Å². The highest BCUT2D eigenvalue weighted by Crippen LogP contribution is 2.30. The molecule has 31 heavy (non-hydrogen) atoms. The molecule has 0 unspecified atom stereocenters. The Balaban J connectivity index is 1.71. The third-order valence-electron chi connectivity index (χ3n) is 5.17. The first-order valence-electron chi connectivity index (χ1n) is 9.75. The fourth-order valence-corrected chi connectivity index (χ4v) is 3.25. The molecule has 7 heteroatoms. The van der Waals surface area contributed by atoms with Crippen molar-refractivity contribution in [2.45, 2.75) is 26.4 Å². The van der Waals surface area contributed by atoms with Crippen molar-refractivity contribution in [1.29, 1.82) is 0 Å². The molecule has 0 aliphatic carbocycles. The summed E-state index contributed by atoms with van der Waals surface area (Å²) in [6, 6.07) is 13.4. The number of carbonyl (C=O) groups is 1. The van der Waals surface area contributed by atoms with E-state index in [9.17, 15) is 23.1 Å². The quantitative estimate of drug-likeness (QED) is 0.592. The highest BCUT2D eigenvalue weighted by molar-refractivity contribution is 5.95. The van der Waals surface area contributed by atoms with Crippen LogP contribution < -0.4 is 0 Å². The van der Waals surface area contributed by atoms with Gasteiger partial charge in [0.15, 0.2) is 0 Å². The van der Waals surface area contributed by atoms with Gasteiger partial charge in [-0.3, -0.25) is 9.78 Å². The Morgan fingerprint density at radius 1 is 1.03 bits per heavy atom. The zero-order chi connectivity index (χ0) is 22.8. The number of hydrogen-bond donors (Lipinski definition) is 1.